The van der Waals surface area contributed by atoms with Crippen molar-refractivity contribution in [2.45, 2.75) is 12.8 Å². The fraction of sp³-hybridized carbons (Fsp3) is 0.286. The Labute approximate surface area is 113 Å². The minimum Gasteiger partial charge on any atom is -0.399 e. The van der Waals surface area contributed by atoms with E-state index in [0.29, 0.717) is 18.8 Å². The Hall–Kier alpha value is -2.30. The Morgan fingerprint density at radius 1 is 1.42 bits per heavy atom. The lowest BCUT2D eigenvalue weighted by molar-refractivity contribution is -0.125. The van der Waals surface area contributed by atoms with Crippen LogP contribution in [0.25, 0.3) is 0 Å². The van der Waals surface area contributed by atoms with E-state index in [1.165, 1.54) is 12.2 Å². The molecule has 0 aromatic rings. The molecule has 1 aliphatic rings. The number of nitrogens with one attached hydrogen (secondary N) is 1. The molecule has 0 saturated heterocycles. The molecule has 5 nitrogen and oxygen atoms in total. The molecule has 0 aromatic carbocycles. The fourth-order valence-corrected chi connectivity index (χ4v) is 1.79. The maximum atomic E-state index is 11.8. The molecule has 0 heterocycles. The van der Waals surface area contributed by atoms with Gasteiger partial charge in [-0.3, -0.25) is 9.59 Å². The predicted molar refractivity (Wildman–Crippen MR) is 74.7 cm³/mol. The van der Waals surface area contributed by atoms with Crippen molar-refractivity contribution < 1.29 is 9.59 Å². The second-order valence-electron chi connectivity index (χ2n) is 4.07. The number of hydrogen-bond acceptors (Lipinski definition) is 3. The van der Waals surface area contributed by atoms with Crippen LogP contribution in [-0.4, -0.2) is 29.8 Å². The fourth-order valence-electron chi connectivity index (χ4n) is 1.79. The van der Waals surface area contributed by atoms with Gasteiger partial charge in [0, 0.05) is 24.5 Å². The molecular weight excluding hydrogens is 242 g/mol. The third-order valence-electron chi connectivity index (χ3n) is 2.72. The van der Waals surface area contributed by atoms with Gasteiger partial charge in [0.2, 0.25) is 11.8 Å². The third kappa shape index (κ3) is 4.46. The molecule has 102 valence electrons. The highest BCUT2D eigenvalue weighted by Gasteiger charge is 2.17. The van der Waals surface area contributed by atoms with Gasteiger partial charge in [0.1, 0.15) is 0 Å². The van der Waals surface area contributed by atoms with E-state index < -0.39 is 0 Å². The largest absolute Gasteiger partial charge is 0.399 e. The number of hydrogen-bond donors (Lipinski definition) is 2. The van der Waals surface area contributed by atoms with Crippen LogP contribution in [0.4, 0.5) is 0 Å². The first kappa shape index (κ1) is 14.8. The van der Waals surface area contributed by atoms with Crippen LogP contribution in [0.15, 0.2) is 48.9 Å². The van der Waals surface area contributed by atoms with Crippen molar-refractivity contribution in [2.75, 3.05) is 13.1 Å². The SMILES string of the molecule is C=CC(=O)NCCN(C(=O)C=C)C1=CC(N)=CCC1. The Kier molecular flexibility index (Phi) is 5.60. The van der Waals surface area contributed by atoms with Crippen molar-refractivity contribution in [3.05, 3.63) is 48.9 Å². The highest BCUT2D eigenvalue weighted by atomic mass is 16.2. The van der Waals surface area contributed by atoms with Gasteiger partial charge in [0.25, 0.3) is 0 Å². The van der Waals surface area contributed by atoms with Gasteiger partial charge in [-0.2, -0.15) is 0 Å². The molecule has 0 fully saturated rings. The van der Waals surface area contributed by atoms with Gasteiger partial charge in [-0.05, 0) is 31.1 Å². The summed E-state index contributed by atoms with van der Waals surface area (Å²) in [5, 5.41) is 2.63. The van der Waals surface area contributed by atoms with E-state index in [0.717, 1.165) is 18.5 Å². The molecule has 3 N–H and O–H groups in total. The first-order valence-electron chi connectivity index (χ1n) is 6.09. The van der Waals surface area contributed by atoms with Crippen LogP contribution < -0.4 is 11.1 Å². The Bertz CT molecular complexity index is 450. The smallest absolute Gasteiger partial charge is 0.250 e. The van der Waals surface area contributed by atoms with E-state index in [2.05, 4.69) is 18.5 Å². The minimum absolute atomic E-state index is 0.200. The third-order valence-corrected chi connectivity index (χ3v) is 2.72. The van der Waals surface area contributed by atoms with E-state index in [1.54, 1.807) is 11.0 Å². The molecule has 0 spiro atoms. The number of amides is 2. The molecule has 0 radical (unpaired) electrons. The molecule has 0 atom stereocenters. The summed E-state index contributed by atoms with van der Waals surface area (Å²) in [5.41, 5.74) is 7.24. The van der Waals surface area contributed by atoms with Crippen molar-refractivity contribution in [2.24, 2.45) is 5.73 Å². The van der Waals surface area contributed by atoms with Gasteiger partial charge in [-0.1, -0.05) is 19.2 Å². The van der Waals surface area contributed by atoms with Crippen LogP contribution >= 0.6 is 0 Å². The maximum Gasteiger partial charge on any atom is 0.250 e. The summed E-state index contributed by atoms with van der Waals surface area (Å²) in [6.45, 7) is 7.58. The molecular formula is C14H19N3O2. The van der Waals surface area contributed by atoms with Gasteiger partial charge < -0.3 is 16.0 Å². The second kappa shape index (κ2) is 7.20. The number of allylic oxidation sites excluding steroid dienone is 3. The van der Waals surface area contributed by atoms with Gasteiger partial charge in [-0.25, -0.2) is 0 Å². The lowest BCUT2D eigenvalue weighted by Gasteiger charge is -2.26. The molecule has 0 bridgehead atoms. The van der Waals surface area contributed by atoms with Crippen LogP contribution in [0, 0.1) is 0 Å². The zero-order valence-corrected chi connectivity index (χ0v) is 10.9. The number of carbonyl (C=O) groups is 2. The Balaban J connectivity index is 2.70. The van der Waals surface area contributed by atoms with Gasteiger partial charge in [0.15, 0.2) is 0 Å². The summed E-state index contributed by atoms with van der Waals surface area (Å²) in [6, 6.07) is 0. The summed E-state index contributed by atoms with van der Waals surface area (Å²) in [5.74, 6) is -0.461. The standard InChI is InChI=1S/C14H19N3O2/c1-3-13(18)16-8-9-17(14(19)4-2)12-7-5-6-11(15)10-12/h3-4,6,10H,1-2,5,7-9,15H2,(H,16,18). The van der Waals surface area contributed by atoms with Crippen molar-refractivity contribution >= 4 is 11.8 Å². The number of carbonyl (C=O) groups excluding carboxylic acids is 2. The Morgan fingerprint density at radius 3 is 2.74 bits per heavy atom. The lowest BCUT2D eigenvalue weighted by Crippen LogP contribution is -2.37. The van der Waals surface area contributed by atoms with Gasteiger partial charge in [0.05, 0.1) is 0 Å². The number of nitrogens with zero attached hydrogens (tertiary/aromatic N) is 1. The normalized spacial score (nSPS) is 13.9. The summed E-state index contributed by atoms with van der Waals surface area (Å²) in [6.07, 6.45) is 7.69. The molecule has 0 saturated carbocycles. The monoisotopic (exact) mass is 261 g/mol. The quantitative estimate of drug-likeness (QED) is 0.695. The van der Waals surface area contributed by atoms with Crippen molar-refractivity contribution in [3.8, 4) is 0 Å². The minimum atomic E-state index is -0.261. The molecule has 0 aliphatic heterocycles. The molecule has 1 aliphatic carbocycles. The zero-order chi connectivity index (χ0) is 14.3. The number of nitrogens with two attached hydrogens (primary N) is 1. The van der Waals surface area contributed by atoms with E-state index in [4.69, 9.17) is 5.73 Å². The highest BCUT2D eigenvalue weighted by molar-refractivity contribution is 5.89. The van der Waals surface area contributed by atoms with E-state index >= 15 is 0 Å². The van der Waals surface area contributed by atoms with Crippen LogP contribution in [0.2, 0.25) is 0 Å². The van der Waals surface area contributed by atoms with E-state index in [-0.39, 0.29) is 11.8 Å². The van der Waals surface area contributed by atoms with Crippen LogP contribution in [0.1, 0.15) is 12.8 Å². The van der Waals surface area contributed by atoms with Crippen LogP contribution in [0.3, 0.4) is 0 Å². The maximum absolute atomic E-state index is 11.8. The van der Waals surface area contributed by atoms with Crippen molar-refractivity contribution in [1.82, 2.24) is 10.2 Å². The summed E-state index contributed by atoms with van der Waals surface area (Å²) in [7, 11) is 0. The van der Waals surface area contributed by atoms with Crippen molar-refractivity contribution in [1.29, 1.82) is 0 Å². The van der Waals surface area contributed by atoms with Crippen molar-refractivity contribution in [3.63, 3.8) is 0 Å². The molecule has 0 unspecified atom stereocenters. The summed E-state index contributed by atoms with van der Waals surface area (Å²) in [4.78, 5) is 24.5. The summed E-state index contributed by atoms with van der Waals surface area (Å²) < 4.78 is 0. The first-order valence-corrected chi connectivity index (χ1v) is 6.09. The lowest BCUT2D eigenvalue weighted by atomic mass is 10.1. The van der Waals surface area contributed by atoms with Crippen LogP contribution in [0.5, 0.6) is 0 Å². The first-order chi connectivity index (χ1) is 9.08. The second-order valence-corrected chi connectivity index (χ2v) is 4.07. The summed E-state index contributed by atoms with van der Waals surface area (Å²) >= 11 is 0. The number of rotatable bonds is 6. The molecule has 19 heavy (non-hydrogen) atoms. The molecule has 1 rings (SSSR count). The van der Waals surface area contributed by atoms with E-state index in [9.17, 15) is 9.59 Å². The molecule has 0 aromatic heterocycles. The molecule has 2 amide bonds. The van der Waals surface area contributed by atoms with E-state index in [1.807, 2.05) is 6.08 Å². The highest BCUT2D eigenvalue weighted by Crippen LogP contribution is 2.18. The van der Waals surface area contributed by atoms with Gasteiger partial charge >= 0.3 is 0 Å². The van der Waals surface area contributed by atoms with Crippen LogP contribution in [-0.2, 0) is 9.59 Å². The zero-order valence-electron chi connectivity index (χ0n) is 10.9. The topological polar surface area (TPSA) is 75.4 Å². The molecule has 5 heteroatoms. The predicted octanol–water partition coefficient (Wildman–Crippen LogP) is 0.823. The van der Waals surface area contributed by atoms with Gasteiger partial charge in [-0.15, -0.1) is 0 Å². The Morgan fingerprint density at radius 2 is 2.16 bits per heavy atom. The average molecular weight is 261 g/mol. The average Bonchev–Trinajstić information content (AvgIpc) is 2.42.